The van der Waals surface area contributed by atoms with E-state index in [1.165, 1.54) is 25.8 Å². The van der Waals surface area contributed by atoms with Crippen LogP contribution in [0.1, 0.15) is 66.2 Å². The number of ether oxygens (including phenoxy) is 1. The fourth-order valence-electron chi connectivity index (χ4n) is 5.16. The van der Waals surface area contributed by atoms with Gasteiger partial charge in [0.15, 0.2) is 11.6 Å². The van der Waals surface area contributed by atoms with E-state index in [-0.39, 0.29) is 5.56 Å². The molecule has 3 aromatic heterocycles. The van der Waals surface area contributed by atoms with Crippen LogP contribution >= 0.6 is 0 Å². The quantitative estimate of drug-likeness (QED) is 0.126. The van der Waals surface area contributed by atoms with Gasteiger partial charge >= 0.3 is 0 Å². The lowest BCUT2D eigenvalue weighted by molar-refractivity contribution is -0.351. The van der Waals surface area contributed by atoms with Crippen LogP contribution in [-0.2, 0) is 4.79 Å². The lowest BCUT2D eigenvalue weighted by Gasteiger charge is -2.29. The number of H-pyrrole nitrogens is 1. The van der Waals surface area contributed by atoms with Crippen molar-refractivity contribution in [2.45, 2.75) is 38.5 Å². The number of fused-ring (bicyclic) bond motifs is 1. The summed E-state index contributed by atoms with van der Waals surface area (Å²) in [5, 5.41) is 9.12. The number of piperidine rings is 1. The molecule has 0 atom stereocenters. The molecule has 1 aromatic carbocycles. The number of aromatic amines is 1. The van der Waals surface area contributed by atoms with E-state index in [1.807, 2.05) is 30.3 Å². The van der Waals surface area contributed by atoms with Crippen LogP contribution in [-0.4, -0.2) is 69.1 Å². The van der Waals surface area contributed by atoms with Crippen molar-refractivity contribution in [3.05, 3.63) is 71.2 Å². The van der Waals surface area contributed by atoms with Gasteiger partial charge in [-0.3, -0.25) is 9.59 Å². The van der Waals surface area contributed by atoms with Gasteiger partial charge in [-0.1, -0.05) is 40.9 Å². The molecule has 0 spiro atoms. The van der Waals surface area contributed by atoms with Crippen molar-refractivity contribution < 1.29 is 23.7 Å². The van der Waals surface area contributed by atoms with E-state index in [0.717, 1.165) is 29.6 Å². The molecule has 4 N–H and O–H groups in total. The summed E-state index contributed by atoms with van der Waals surface area (Å²) in [6, 6.07) is 9.95. The summed E-state index contributed by atoms with van der Waals surface area (Å²) in [5.41, 5.74) is 9.32. The third-order valence-electron chi connectivity index (χ3n) is 7.45. The first-order valence-electron chi connectivity index (χ1n) is 13.8. The van der Waals surface area contributed by atoms with Gasteiger partial charge < -0.3 is 24.8 Å². The van der Waals surface area contributed by atoms with Crippen molar-refractivity contribution in [1.82, 2.24) is 25.1 Å². The molecule has 1 saturated carbocycles. The summed E-state index contributed by atoms with van der Waals surface area (Å²) >= 11 is 0. The number of aliphatic imine (C=N–C) groups is 1. The van der Waals surface area contributed by atoms with E-state index in [4.69, 9.17) is 14.9 Å². The van der Waals surface area contributed by atoms with Crippen LogP contribution in [0, 0.1) is 0 Å². The van der Waals surface area contributed by atoms with E-state index < -0.39 is 11.7 Å². The summed E-state index contributed by atoms with van der Waals surface area (Å²) in [6.45, 7) is 2.43. The first kappa shape index (κ1) is 27.1. The molecule has 12 heteroatoms. The van der Waals surface area contributed by atoms with Crippen molar-refractivity contribution in [1.29, 1.82) is 0 Å². The van der Waals surface area contributed by atoms with Crippen molar-refractivity contribution in [2.75, 3.05) is 20.2 Å². The predicted molar refractivity (Wildman–Crippen MR) is 156 cm³/mol. The Bertz CT molecular complexity index is 1730. The lowest BCUT2D eigenvalue weighted by Crippen LogP contribution is -2.62. The van der Waals surface area contributed by atoms with Gasteiger partial charge in [-0.2, -0.15) is 0 Å². The Morgan fingerprint density at radius 2 is 1.95 bits per heavy atom. The van der Waals surface area contributed by atoms with Gasteiger partial charge in [0.2, 0.25) is 18.1 Å². The Kier molecular flexibility index (Phi) is 7.34. The zero-order chi connectivity index (χ0) is 29.2. The highest BCUT2D eigenvalue weighted by atomic mass is 16.5. The molecule has 4 aromatic rings. The van der Waals surface area contributed by atoms with E-state index in [1.54, 1.807) is 11.8 Å². The molecule has 42 heavy (non-hydrogen) atoms. The largest absolute Gasteiger partial charge is 0.493 e. The summed E-state index contributed by atoms with van der Waals surface area (Å²) in [6.07, 6.45) is 7.70. The molecular formula is C30H31N8O4+. The average molecular weight is 568 g/mol. The maximum atomic E-state index is 13.5. The van der Waals surface area contributed by atoms with Gasteiger partial charge in [0.25, 0.3) is 17.5 Å². The molecule has 1 aliphatic carbocycles. The molecule has 214 valence electrons. The van der Waals surface area contributed by atoms with E-state index in [9.17, 15) is 9.59 Å². The molecule has 12 nitrogen and oxygen atoms in total. The Morgan fingerprint density at radius 1 is 1.19 bits per heavy atom. The fourth-order valence-corrected chi connectivity index (χ4v) is 5.16. The van der Waals surface area contributed by atoms with Crippen molar-refractivity contribution in [2.24, 2.45) is 10.7 Å². The van der Waals surface area contributed by atoms with Crippen LogP contribution in [0.25, 0.3) is 16.5 Å². The number of aromatic nitrogens is 4. The molecule has 1 amide bonds. The minimum Gasteiger partial charge on any atom is -0.493 e. The Morgan fingerprint density at radius 3 is 2.64 bits per heavy atom. The van der Waals surface area contributed by atoms with Gasteiger partial charge in [0, 0.05) is 37.7 Å². The number of benzene rings is 1. The van der Waals surface area contributed by atoms with Crippen LogP contribution in [0.4, 0.5) is 5.82 Å². The summed E-state index contributed by atoms with van der Waals surface area (Å²) in [4.78, 5) is 42.9. The summed E-state index contributed by atoms with van der Waals surface area (Å²) in [7, 11) is 1.49. The zero-order valence-electron chi connectivity index (χ0n) is 23.4. The number of nitrogens with zero attached hydrogens (tertiary/aromatic N) is 5. The smallest absolute Gasteiger partial charge is 0.295 e. The number of likely N-dealkylation sites (tertiary alicyclic amines) is 1. The number of methoxy groups -OCH3 is 1. The number of pyridine rings is 1. The van der Waals surface area contributed by atoms with Gasteiger partial charge in [0.1, 0.15) is 11.7 Å². The summed E-state index contributed by atoms with van der Waals surface area (Å²) in [5.74, 6) is 1.48. The topological polar surface area (TPSA) is 167 Å². The highest BCUT2D eigenvalue weighted by Crippen LogP contribution is 2.41. The van der Waals surface area contributed by atoms with E-state index in [2.05, 4.69) is 30.2 Å². The van der Waals surface area contributed by atoms with Crippen LogP contribution in [0.3, 0.4) is 0 Å². The molecule has 1 saturated heterocycles. The summed E-state index contributed by atoms with van der Waals surface area (Å²) < 4.78 is 11.6. The standard InChI is InChI=1S/C30H30N8O4/c1-17(31)34-16-35-27-25-24(22(41-2)15-33-27)21(14-32-25)26(39)30(40)38-12-10-19(11-13-38)23(18-6-4-3-5-7-18)29-37-36-28(42-29)20-8-9-20/h3-7,14-16,20,32H,8-13H2,1-2H3,(H2,31,33,34,35)/p+1. The first-order valence-corrected chi connectivity index (χ1v) is 13.8. The van der Waals surface area contributed by atoms with Gasteiger partial charge in [-0.25, -0.2) is 4.99 Å². The number of nitrogens with one attached hydrogen (secondary N) is 2. The van der Waals surface area contributed by atoms with Crippen LogP contribution in [0.15, 0.2) is 57.7 Å². The number of hydrogen-bond acceptors (Lipinski definition) is 7. The number of nitrogens with two attached hydrogens (primary N) is 1. The van der Waals surface area contributed by atoms with Crippen molar-refractivity contribution >= 4 is 46.2 Å². The number of rotatable bonds is 8. The highest BCUT2D eigenvalue weighted by Gasteiger charge is 2.33. The van der Waals surface area contributed by atoms with E-state index in [0.29, 0.717) is 71.9 Å². The Hall–Kier alpha value is -5.13. The van der Waals surface area contributed by atoms with Crippen LogP contribution < -0.4 is 15.5 Å². The fraction of sp³-hybridized carbons (Fsp3) is 0.300. The van der Waals surface area contributed by atoms with E-state index >= 15 is 0 Å². The molecule has 6 rings (SSSR count). The number of hydrogen-bond donors (Lipinski definition) is 3. The Balaban J connectivity index is 1.25. The van der Waals surface area contributed by atoms with Crippen LogP contribution in [0.2, 0.25) is 0 Å². The molecular weight excluding hydrogens is 536 g/mol. The second-order valence-corrected chi connectivity index (χ2v) is 10.4. The third kappa shape index (κ3) is 5.30. The van der Waals surface area contributed by atoms with Gasteiger partial charge in [-0.05, 0) is 31.2 Å². The number of Topliss-reactive ketones (excluding diaryl/α,β-unsaturated/α-hetero) is 1. The minimum absolute atomic E-state index is 0.209. The second-order valence-electron chi connectivity index (χ2n) is 10.4. The Labute approximate surface area is 241 Å². The predicted octanol–water partition coefficient (Wildman–Crippen LogP) is 2.26. The second kappa shape index (κ2) is 11.4. The van der Waals surface area contributed by atoms with Crippen LogP contribution in [0.5, 0.6) is 5.75 Å². The number of ketones is 1. The maximum Gasteiger partial charge on any atom is 0.295 e. The highest BCUT2D eigenvalue weighted by molar-refractivity contribution is 6.45. The number of amides is 1. The number of carbonyl (C=O) groups excluding carboxylic acids is 2. The van der Waals surface area contributed by atoms with Crippen molar-refractivity contribution in [3.63, 3.8) is 0 Å². The monoisotopic (exact) mass is 567 g/mol. The maximum absolute atomic E-state index is 13.5. The van der Waals surface area contributed by atoms with Gasteiger partial charge in [-0.15, -0.1) is 15.2 Å². The SMILES string of the molecule is COc1cnc([NH+]=CN=C(C)N)c2[nH]cc(C(=O)C(=O)N3CCC(=C(c4ccccc4)c4nnc(C5CC5)o4)CC3)c12. The average Bonchev–Trinajstić information content (AvgIpc) is 3.58. The molecule has 2 fully saturated rings. The third-order valence-corrected chi connectivity index (χ3v) is 7.45. The number of amidine groups is 1. The van der Waals surface area contributed by atoms with Gasteiger partial charge in [0.05, 0.1) is 18.1 Å². The lowest BCUT2D eigenvalue weighted by atomic mass is 9.92. The normalized spacial score (nSPS) is 15.9. The molecule has 2 aliphatic rings. The number of carbonyl (C=O) groups is 2. The molecule has 0 bridgehead atoms. The molecule has 0 unspecified atom stereocenters. The van der Waals surface area contributed by atoms with Crippen molar-refractivity contribution in [3.8, 4) is 5.75 Å². The minimum atomic E-state index is -0.627. The first-order chi connectivity index (χ1) is 20.4. The molecule has 4 heterocycles. The molecule has 1 aliphatic heterocycles. The zero-order valence-corrected chi connectivity index (χ0v) is 23.4. The molecule has 0 radical (unpaired) electrons.